The van der Waals surface area contributed by atoms with Gasteiger partial charge in [0, 0.05) is 27.2 Å². The number of ether oxygens (including phenoxy) is 2. The number of rotatable bonds is 5. The minimum atomic E-state index is -0.224. The fourth-order valence-corrected chi connectivity index (χ4v) is 2.74. The third-order valence-electron chi connectivity index (χ3n) is 4.04. The van der Waals surface area contributed by atoms with Crippen LogP contribution in [-0.4, -0.2) is 38.3 Å². The van der Waals surface area contributed by atoms with Crippen LogP contribution in [0, 0.1) is 5.82 Å². The Morgan fingerprint density at radius 1 is 1.12 bits per heavy atom. The molecule has 0 fully saturated rings. The highest BCUT2D eigenvalue weighted by molar-refractivity contribution is 5.79. The number of fused-ring (bicyclic) bond motifs is 1. The van der Waals surface area contributed by atoms with Crippen LogP contribution < -0.4 is 14.8 Å². The van der Waals surface area contributed by atoms with E-state index in [0.717, 1.165) is 36.0 Å². The SMILES string of the molecule is CN=C(NCCc1ccc2c(c1)OCO2)N(C)Cc1ccc(F)cc1. The van der Waals surface area contributed by atoms with Gasteiger partial charge in [-0.05, 0) is 41.8 Å². The predicted molar refractivity (Wildman–Crippen MR) is 95.5 cm³/mol. The van der Waals surface area contributed by atoms with E-state index in [0.29, 0.717) is 6.54 Å². The molecule has 0 saturated heterocycles. The Bertz CT molecular complexity index is 747. The van der Waals surface area contributed by atoms with Gasteiger partial charge in [0.1, 0.15) is 5.82 Å². The van der Waals surface area contributed by atoms with Crippen molar-refractivity contribution in [2.75, 3.05) is 27.4 Å². The van der Waals surface area contributed by atoms with E-state index in [1.807, 2.05) is 30.1 Å². The molecule has 0 saturated carbocycles. The topological polar surface area (TPSA) is 46.1 Å². The van der Waals surface area contributed by atoms with Gasteiger partial charge in [0.15, 0.2) is 17.5 Å². The zero-order valence-electron chi connectivity index (χ0n) is 14.5. The number of hydrogen-bond acceptors (Lipinski definition) is 3. The lowest BCUT2D eigenvalue weighted by Gasteiger charge is -2.22. The standard InChI is InChI=1S/C19H22FN3O2/c1-21-19(23(2)12-15-3-6-16(20)7-4-15)22-10-9-14-5-8-17-18(11-14)25-13-24-17/h3-8,11H,9-10,12-13H2,1-2H3,(H,21,22). The monoisotopic (exact) mass is 343 g/mol. The quantitative estimate of drug-likeness (QED) is 0.670. The average molecular weight is 343 g/mol. The number of aliphatic imine (C=N–C) groups is 1. The molecule has 1 N–H and O–H groups in total. The number of benzene rings is 2. The van der Waals surface area contributed by atoms with Gasteiger partial charge in [-0.3, -0.25) is 4.99 Å². The molecule has 0 atom stereocenters. The number of guanidine groups is 1. The molecular formula is C19H22FN3O2. The molecule has 0 radical (unpaired) electrons. The molecule has 6 heteroatoms. The van der Waals surface area contributed by atoms with Crippen LogP contribution in [0.4, 0.5) is 4.39 Å². The molecule has 0 unspecified atom stereocenters. The van der Waals surface area contributed by atoms with Crippen molar-refractivity contribution < 1.29 is 13.9 Å². The molecule has 1 heterocycles. The molecule has 0 amide bonds. The first-order valence-corrected chi connectivity index (χ1v) is 8.20. The van der Waals surface area contributed by atoms with Gasteiger partial charge in [0.2, 0.25) is 6.79 Å². The molecule has 0 spiro atoms. The van der Waals surface area contributed by atoms with Gasteiger partial charge in [-0.25, -0.2) is 4.39 Å². The highest BCUT2D eigenvalue weighted by Gasteiger charge is 2.13. The first-order chi connectivity index (χ1) is 12.2. The zero-order valence-corrected chi connectivity index (χ0v) is 14.5. The van der Waals surface area contributed by atoms with E-state index < -0.39 is 0 Å². The molecule has 0 aliphatic carbocycles. The summed E-state index contributed by atoms with van der Waals surface area (Å²) in [5.74, 6) is 2.17. The maximum Gasteiger partial charge on any atom is 0.231 e. The Hall–Kier alpha value is -2.76. The van der Waals surface area contributed by atoms with Gasteiger partial charge >= 0.3 is 0 Å². The van der Waals surface area contributed by atoms with Gasteiger partial charge < -0.3 is 19.7 Å². The van der Waals surface area contributed by atoms with Crippen LogP contribution in [0.1, 0.15) is 11.1 Å². The number of nitrogens with one attached hydrogen (secondary N) is 1. The lowest BCUT2D eigenvalue weighted by Crippen LogP contribution is -2.39. The molecule has 0 aromatic heterocycles. The summed E-state index contributed by atoms with van der Waals surface area (Å²) in [4.78, 5) is 6.31. The lowest BCUT2D eigenvalue weighted by molar-refractivity contribution is 0.174. The summed E-state index contributed by atoms with van der Waals surface area (Å²) in [5, 5.41) is 3.35. The molecule has 132 valence electrons. The Labute approximate surface area is 147 Å². The summed E-state index contributed by atoms with van der Waals surface area (Å²) in [6.07, 6.45) is 0.847. The molecule has 25 heavy (non-hydrogen) atoms. The fourth-order valence-electron chi connectivity index (χ4n) is 2.74. The van der Waals surface area contributed by atoms with Crippen molar-refractivity contribution in [1.29, 1.82) is 0 Å². The lowest BCUT2D eigenvalue weighted by atomic mass is 10.1. The van der Waals surface area contributed by atoms with Gasteiger partial charge in [-0.1, -0.05) is 18.2 Å². The van der Waals surface area contributed by atoms with Crippen LogP contribution in [0.3, 0.4) is 0 Å². The van der Waals surface area contributed by atoms with E-state index in [-0.39, 0.29) is 12.6 Å². The Morgan fingerprint density at radius 2 is 1.84 bits per heavy atom. The van der Waals surface area contributed by atoms with Crippen LogP contribution in [0.15, 0.2) is 47.5 Å². The number of nitrogens with zero attached hydrogens (tertiary/aromatic N) is 2. The average Bonchev–Trinajstić information content (AvgIpc) is 3.08. The van der Waals surface area contributed by atoms with E-state index in [9.17, 15) is 4.39 Å². The molecule has 1 aliphatic rings. The van der Waals surface area contributed by atoms with Gasteiger partial charge in [0.25, 0.3) is 0 Å². The molecule has 2 aromatic carbocycles. The van der Waals surface area contributed by atoms with Crippen LogP contribution in [0.25, 0.3) is 0 Å². The second-order valence-electron chi connectivity index (χ2n) is 5.89. The normalized spacial score (nSPS) is 13.0. The second kappa shape index (κ2) is 7.88. The van der Waals surface area contributed by atoms with Crippen LogP contribution in [-0.2, 0) is 13.0 Å². The van der Waals surface area contributed by atoms with E-state index >= 15 is 0 Å². The summed E-state index contributed by atoms with van der Waals surface area (Å²) in [5.41, 5.74) is 2.20. The molecule has 0 bridgehead atoms. The largest absolute Gasteiger partial charge is 0.454 e. The first-order valence-electron chi connectivity index (χ1n) is 8.20. The van der Waals surface area contributed by atoms with Crippen molar-refractivity contribution >= 4 is 5.96 Å². The molecule has 1 aliphatic heterocycles. The molecular weight excluding hydrogens is 321 g/mol. The molecule has 2 aromatic rings. The van der Waals surface area contributed by atoms with Crippen LogP contribution >= 0.6 is 0 Å². The molecule has 5 nitrogen and oxygen atoms in total. The summed E-state index contributed by atoms with van der Waals surface area (Å²) in [7, 11) is 3.71. The predicted octanol–water partition coefficient (Wildman–Crippen LogP) is 2.80. The van der Waals surface area contributed by atoms with Crippen molar-refractivity contribution in [3.63, 3.8) is 0 Å². The smallest absolute Gasteiger partial charge is 0.231 e. The van der Waals surface area contributed by atoms with Gasteiger partial charge in [-0.2, -0.15) is 0 Å². The van der Waals surface area contributed by atoms with E-state index in [1.165, 1.54) is 17.7 Å². The van der Waals surface area contributed by atoms with Crippen molar-refractivity contribution in [3.8, 4) is 11.5 Å². The third-order valence-corrected chi connectivity index (χ3v) is 4.04. The minimum absolute atomic E-state index is 0.224. The highest BCUT2D eigenvalue weighted by Crippen LogP contribution is 2.32. The van der Waals surface area contributed by atoms with Crippen molar-refractivity contribution in [3.05, 3.63) is 59.4 Å². The summed E-state index contributed by atoms with van der Waals surface area (Å²) < 4.78 is 23.7. The Balaban J connectivity index is 1.51. The summed E-state index contributed by atoms with van der Waals surface area (Å²) in [6.45, 7) is 1.70. The van der Waals surface area contributed by atoms with E-state index in [1.54, 1.807) is 19.2 Å². The highest BCUT2D eigenvalue weighted by atomic mass is 19.1. The van der Waals surface area contributed by atoms with Crippen LogP contribution in [0.2, 0.25) is 0 Å². The van der Waals surface area contributed by atoms with Crippen LogP contribution in [0.5, 0.6) is 11.5 Å². The summed E-state index contributed by atoms with van der Waals surface area (Å²) in [6, 6.07) is 12.5. The third kappa shape index (κ3) is 4.41. The fraction of sp³-hybridized carbons (Fsp3) is 0.316. The van der Waals surface area contributed by atoms with Gasteiger partial charge in [-0.15, -0.1) is 0 Å². The minimum Gasteiger partial charge on any atom is -0.454 e. The number of halogens is 1. The van der Waals surface area contributed by atoms with Crippen molar-refractivity contribution in [2.45, 2.75) is 13.0 Å². The maximum atomic E-state index is 13.0. The Kier molecular flexibility index (Phi) is 5.38. The zero-order chi connectivity index (χ0) is 17.6. The van der Waals surface area contributed by atoms with Crippen molar-refractivity contribution in [1.82, 2.24) is 10.2 Å². The van der Waals surface area contributed by atoms with Gasteiger partial charge in [0.05, 0.1) is 0 Å². The molecule has 3 rings (SSSR count). The number of hydrogen-bond donors (Lipinski definition) is 1. The first kappa shape index (κ1) is 17.1. The van der Waals surface area contributed by atoms with E-state index in [2.05, 4.69) is 10.3 Å². The summed E-state index contributed by atoms with van der Waals surface area (Å²) >= 11 is 0. The maximum absolute atomic E-state index is 13.0. The van der Waals surface area contributed by atoms with Crippen molar-refractivity contribution in [2.24, 2.45) is 4.99 Å². The Morgan fingerprint density at radius 3 is 2.60 bits per heavy atom. The second-order valence-corrected chi connectivity index (χ2v) is 5.89. The van der Waals surface area contributed by atoms with E-state index in [4.69, 9.17) is 9.47 Å².